The van der Waals surface area contributed by atoms with Gasteiger partial charge in [0.25, 0.3) is 0 Å². The van der Waals surface area contributed by atoms with Crippen molar-refractivity contribution in [2.24, 2.45) is 0 Å². The molecule has 1 aromatic heterocycles. The smallest absolute Gasteiger partial charge is 0.0734 e. The lowest BCUT2D eigenvalue weighted by molar-refractivity contribution is 0.762. The first kappa shape index (κ1) is 40.3. The molecule has 0 saturated heterocycles. The van der Waals surface area contributed by atoms with Crippen molar-refractivity contribution in [2.45, 2.75) is 5.41 Å². The van der Waals surface area contributed by atoms with Gasteiger partial charge in [-0.2, -0.15) is 0 Å². The second-order valence-corrected chi connectivity index (χ2v) is 18.0. The maximum atomic E-state index is 2.54. The molecule has 0 radical (unpaired) electrons. The van der Waals surface area contributed by atoms with E-state index in [4.69, 9.17) is 0 Å². The van der Waals surface area contributed by atoms with Crippen molar-refractivity contribution < 1.29 is 0 Å². The Labute approximate surface area is 403 Å². The Hall–Kier alpha value is -8.98. The van der Waals surface area contributed by atoms with E-state index in [1.165, 1.54) is 88.7 Å². The third kappa shape index (κ3) is 6.64. The number of anilines is 3. The highest BCUT2D eigenvalue weighted by molar-refractivity contribution is 6.11. The molecule has 324 valence electrons. The first-order valence-electron chi connectivity index (χ1n) is 23.8. The summed E-state index contributed by atoms with van der Waals surface area (Å²) < 4.78 is 2.54. The summed E-state index contributed by atoms with van der Waals surface area (Å²) in [4.78, 5) is 2.35. The van der Waals surface area contributed by atoms with Crippen LogP contribution in [0.5, 0.6) is 0 Å². The summed E-state index contributed by atoms with van der Waals surface area (Å²) in [7, 11) is 0. The minimum Gasteiger partial charge on any atom is -0.310 e. The number of hydrogen-bond acceptors (Lipinski definition) is 1. The molecule has 0 unspecified atom stereocenters. The Morgan fingerprint density at radius 3 is 1.39 bits per heavy atom. The summed E-state index contributed by atoms with van der Waals surface area (Å²) in [5.41, 5.74) is 21.1. The molecule has 2 nitrogen and oxygen atoms in total. The van der Waals surface area contributed by atoms with Gasteiger partial charge in [0, 0.05) is 33.4 Å². The summed E-state index contributed by atoms with van der Waals surface area (Å²) in [5, 5.41) is 2.47. The molecule has 0 atom stereocenters. The minimum atomic E-state index is -0.544. The Morgan fingerprint density at radius 1 is 0.290 bits per heavy atom. The Kier molecular flexibility index (Phi) is 9.77. The predicted octanol–water partition coefficient (Wildman–Crippen LogP) is 17.6. The highest BCUT2D eigenvalue weighted by Gasteiger charge is 2.48. The SMILES string of the molecule is c1ccc(-c2cccc(N(c3ccccc3)c3cccc(-c4ccc(-c5ccc6c7ccccc7n(-c7cccc8c7C(c7ccccc7)(c7ccccc7)c7ccccc7-8)c6c5)cc4)c3)c2)cc1. The lowest BCUT2D eigenvalue weighted by atomic mass is 9.67. The molecule has 0 amide bonds. The zero-order chi connectivity index (χ0) is 45.7. The second kappa shape index (κ2) is 16.7. The van der Waals surface area contributed by atoms with Crippen molar-refractivity contribution in [3.05, 3.63) is 301 Å². The normalized spacial score (nSPS) is 12.5. The maximum Gasteiger partial charge on any atom is 0.0734 e. The van der Waals surface area contributed by atoms with E-state index < -0.39 is 5.41 Å². The van der Waals surface area contributed by atoms with E-state index in [0.717, 1.165) is 22.6 Å². The fourth-order valence-corrected chi connectivity index (χ4v) is 11.2. The van der Waals surface area contributed by atoms with Gasteiger partial charge in [0.1, 0.15) is 0 Å². The monoisotopic (exact) mass is 878 g/mol. The van der Waals surface area contributed by atoms with Gasteiger partial charge in [-0.1, -0.05) is 224 Å². The topological polar surface area (TPSA) is 8.17 Å². The maximum absolute atomic E-state index is 2.54. The quantitative estimate of drug-likeness (QED) is 0.140. The van der Waals surface area contributed by atoms with Gasteiger partial charge in [0.2, 0.25) is 0 Å². The molecule has 1 heterocycles. The van der Waals surface area contributed by atoms with Crippen molar-refractivity contribution in [3.63, 3.8) is 0 Å². The number of aromatic nitrogens is 1. The molecule has 12 aromatic rings. The number of nitrogens with zero attached hydrogens (tertiary/aromatic N) is 2. The van der Waals surface area contributed by atoms with Crippen LogP contribution < -0.4 is 4.90 Å². The van der Waals surface area contributed by atoms with E-state index >= 15 is 0 Å². The van der Waals surface area contributed by atoms with Gasteiger partial charge in [-0.15, -0.1) is 0 Å². The van der Waals surface area contributed by atoms with Crippen LogP contribution in [0.2, 0.25) is 0 Å². The van der Waals surface area contributed by atoms with Crippen LogP contribution in [0, 0.1) is 0 Å². The number of hydrogen-bond donors (Lipinski definition) is 0. The Morgan fingerprint density at radius 2 is 0.739 bits per heavy atom. The Bertz CT molecular complexity index is 3780. The molecule has 0 N–H and O–H groups in total. The minimum absolute atomic E-state index is 0.544. The molecular formula is C67H46N2. The van der Waals surface area contributed by atoms with Gasteiger partial charge >= 0.3 is 0 Å². The molecular weight excluding hydrogens is 833 g/mol. The number of rotatable bonds is 9. The molecule has 11 aromatic carbocycles. The lowest BCUT2D eigenvalue weighted by Gasteiger charge is -2.35. The summed E-state index contributed by atoms with van der Waals surface area (Å²) in [6.45, 7) is 0. The standard InChI is InChI=1S/C67H46N2/c1-5-20-47(21-6-1)50-22-17-30-56(44-50)68(55-28-11-4-12-29-55)57-31-18-23-51(45-57)48-38-40-49(41-39-48)52-42-43-60-59-33-14-16-36-63(59)69(65(60)46-52)64-37-19-34-61-58-32-13-15-35-62(58)67(66(61)64,53-24-7-2-8-25-53)54-26-9-3-10-27-54/h1-46H. The van der Waals surface area contributed by atoms with E-state index in [0.29, 0.717) is 0 Å². The van der Waals surface area contributed by atoms with Gasteiger partial charge in [0.15, 0.2) is 0 Å². The molecule has 0 spiro atoms. The number of para-hydroxylation sites is 2. The second-order valence-electron chi connectivity index (χ2n) is 18.0. The van der Waals surface area contributed by atoms with Gasteiger partial charge in [-0.25, -0.2) is 0 Å². The van der Waals surface area contributed by atoms with Crippen molar-refractivity contribution in [2.75, 3.05) is 4.90 Å². The first-order chi connectivity index (χ1) is 34.2. The van der Waals surface area contributed by atoms with Crippen molar-refractivity contribution >= 4 is 38.9 Å². The van der Waals surface area contributed by atoms with Crippen LogP contribution in [0.3, 0.4) is 0 Å². The zero-order valence-corrected chi connectivity index (χ0v) is 38.0. The van der Waals surface area contributed by atoms with Crippen LogP contribution in [0.15, 0.2) is 279 Å². The highest BCUT2D eigenvalue weighted by atomic mass is 15.1. The van der Waals surface area contributed by atoms with E-state index in [1.807, 2.05) is 0 Å². The van der Waals surface area contributed by atoms with Crippen LogP contribution in [-0.2, 0) is 5.41 Å². The molecule has 1 aliphatic carbocycles. The first-order valence-corrected chi connectivity index (χ1v) is 23.8. The Balaban J connectivity index is 0.928. The van der Waals surface area contributed by atoms with Gasteiger partial charge in [-0.3, -0.25) is 0 Å². The molecule has 2 heteroatoms. The van der Waals surface area contributed by atoms with Crippen molar-refractivity contribution in [1.29, 1.82) is 0 Å². The molecule has 0 fully saturated rings. The number of fused-ring (bicyclic) bond motifs is 6. The summed E-state index contributed by atoms with van der Waals surface area (Å²) in [6, 6.07) is 102. The van der Waals surface area contributed by atoms with E-state index in [1.54, 1.807) is 0 Å². The van der Waals surface area contributed by atoms with E-state index in [2.05, 4.69) is 289 Å². The van der Waals surface area contributed by atoms with Gasteiger partial charge < -0.3 is 9.47 Å². The average Bonchev–Trinajstić information content (AvgIpc) is 3.93. The van der Waals surface area contributed by atoms with Crippen molar-refractivity contribution in [3.8, 4) is 50.2 Å². The lowest BCUT2D eigenvalue weighted by Crippen LogP contribution is -2.29. The fourth-order valence-electron chi connectivity index (χ4n) is 11.2. The van der Waals surface area contributed by atoms with Crippen LogP contribution in [-0.4, -0.2) is 4.57 Å². The molecule has 0 aliphatic heterocycles. The summed E-state index contributed by atoms with van der Waals surface area (Å²) >= 11 is 0. The van der Waals surface area contributed by atoms with Crippen molar-refractivity contribution in [1.82, 2.24) is 4.57 Å². The third-order valence-corrected chi connectivity index (χ3v) is 14.2. The molecule has 0 bridgehead atoms. The largest absolute Gasteiger partial charge is 0.310 e. The molecule has 0 saturated carbocycles. The van der Waals surface area contributed by atoms with Crippen LogP contribution in [0.1, 0.15) is 22.3 Å². The zero-order valence-electron chi connectivity index (χ0n) is 38.0. The summed E-state index contributed by atoms with van der Waals surface area (Å²) in [5.74, 6) is 0. The third-order valence-electron chi connectivity index (χ3n) is 14.2. The van der Waals surface area contributed by atoms with Crippen LogP contribution in [0.4, 0.5) is 17.1 Å². The predicted molar refractivity (Wildman–Crippen MR) is 289 cm³/mol. The van der Waals surface area contributed by atoms with E-state index in [9.17, 15) is 0 Å². The van der Waals surface area contributed by atoms with Crippen LogP contribution >= 0.6 is 0 Å². The summed E-state index contributed by atoms with van der Waals surface area (Å²) in [6.07, 6.45) is 0. The highest BCUT2D eigenvalue weighted by Crippen LogP contribution is 2.58. The number of benzene rings is 11. The van der Waals surface area contributed by atoms with Gasteiger partial charge in [0.05, 0.1) is 22.1 Å². The molecule has 69 heavy (non-hydrogen) atoms. The van der Waals surface area contributed by atoms with Crippen LogP contribution in [0.25, 0.3) is 72.0 Å². The average molecular weight is 879 g/mol. The molecule has 13 rings (SSSR count). The fraction of sp³-hybridized carbons (Fsp3) is 0.0149. The molecule has 1 aliphatic rings. The van der Waals surface area contributed by atoms with E-state index in [-0.39, 0.29) is 0 Å². The van der Waals surface area contributed by atoms with Gasteiger partial charge in [-0.05, 0) is 116 Å².